The molecule has 0 aliphatic carbocycles. The molecular weight excluding hydrogens is 464 g/mol. The molecule has 2 aromatic carbocycles. The third-order valence-electron chi connectivity index (χ3n) is 5.19. The number of rotatable bonds is 9. The van der Waals surface area contributed by atoms with E-state index >= 15 is 0 Å². The summed E-state index contributed by atoms with van der Waals surface area (Å²) in [6.07, 6.45) is 2.79. The molecular formula is C25H25N6O3S-. The molecule has 180 valence electrons. The van der Waals surface area contributed by atoms with Crippen molar-refractivity contribution in [3.05, 3.63) is 99.9 Å². The van der Waals surface area contributed by atoms with Crippen molar-refractivity contribution < 1.29 is 10.0 Å². The van der Waals surface area contributed by atoms with Gasteiger partial charge in [0.15, 0.2) is 0 Å². The van der Waals surface area contributed by atoms with Crippen molar-refractivity contribution in [2.75, 3.05) is 30.0 Å². The van der Waals surface area contributed by atoms with E-state index < -0.39 is 0 Å². The Bertz CT molecular complexity index is 1350. The number of anilines is 3. The molecule has 9 nitrogen and oxygen atoms in total. The minimum absolute atomic E-state index is 0.233. The fraction of sp³-hybridized carbons (Fsp3) is 0.120. The van der Waals surface area contributed by atoms with Gasteiger partial charge < -0.3 is 31.3 Å². The average Bonchev–Trinajstić information content (AvgIpc) is 3.31. The highest BCUT2D eigenvalue weighted by Gasteiger charge is 2.14. The number of aromatic nitrogens is 1. The summed E-state index contributed by atoms with van der Waals surface area (Å²) in [6, 6.07) is 18.9. The van der Waals surface area contributed by atoms with Gasteiger partial charge in [-0.3, -0.25) is 15.0 Å². The number of nitrogens with zero attached hydrogens (tertiary/aromatic N) is 3. The third-order valence-corrected chi connectivity index (χ3v) is 6.10. The molecule has 0 aliphatic rings. The van der Waals surface area contributed by atoms with Crippen LogP contribution in [0.15, 0.2) is 84.3 Å². The fourth-order valence-electron chi connectivity index (χ4n) is 3.50. The molecule has 2 aromatic heterocycles. The number of para-hydroxylation sites is 1. The summed E-state index contributed by atoms with van der Waals surface area (Å²) in [6.45, 7) is 0.556. The number of carbonyl (C=O) groups excluding carboxylic acids is 1. The number of hydroxylamine groups is 2. The van der Waals surface area contributed by atoms with Crippen molar-refractivity contribution in [1.29, 1.82) is 0 Å². The molecule has 1 amide bonds. The zero-order chi connectivity index (χ0) is 24.8. The quantitative estimate of drug-likeness (QED) is 0.239. The van der Waals surface area contributed by atoms with Crippen LogP contribution < -0.4 is 16.0 Å². The Labute approximate surface area is 206 Å². The first-order valence-corrected chi connectivity index (χ1v) is 11.7. The van der Waals surface area contributed by atoms with Crippen LogP contribution in [-0.4, -0.2) is 40.3 Å². The lowest BCUT2D eigenvalue weighted by Crippen LogP contribution is -2.21. The lowest BCUT2D eigenvalue weighted by atomic mass is 10.1. The second-order valence-corrected chi connectivity index (χ2v) is 8.79. The predicted octanol–water partition coefficient (Wildman–Crippen LogP) is 5.12. The second kappa shape index (κ2) is 10.9. The molecule has 0 bridgehead atoms. The highest BCUT2D eigenvalue weighted by molar-refractivity contribution is 7.12. The first kappa shape index (κ1) is 24.0. The van der Waals surface area contributed by atoms with E-state index in [0.717, 1.165) is 28.4 Å². The Morgan fingerprint density at radius 3 is 2.63 bits per heavy atom. The van der Waals surface area contributed by atoms with Gasteiger partial charge in [-0.15, -0.1) is 11.3 Å². The maximum atomic E-state index is 13.0. The van der Waals surface area contributed by atoms with Crippen molar-refractivity contribution in [3.8, 4) is 0 Å². The molecule has 0 fully saturated rings. The van der Waals surface area contributed by atoms with E-state index in [4.69, 9.17) is 5.21 Å². The van der Waals surface area contributed by atoms with Crippen LogP contribution in [0, 0.1) is 5.21 Å². The van der Waals surface area contributed by atoms with Gasteiger partial charge in [-0.1, -0.05) is 24.3 Å². The number of nitrogens with one attached hydrogen (secondary N) is 3. The molecule has 35 heavy (non-hydrogen) atoms. The maximum Gasteiger partial charge on any atom is 0.267 e. The van der Waals surface area contributed by atoms with Gasteiger partial charge in [0.1, 0.15) is 10.7 Å². The summed E-state index contributed by atoms with van der Waals surface area (Å²) in [4.78, 5) is 19.6. The van der Waals surface area contributed by atoms with E-state index in [1.54, 1.807) is 49.5 Å². The topological polar surface area (TPSA) is 116 Å². The van der Waals surface area contributed by atoms with Crippen molar-refractivity contribution in [1.82, 2.24) is 15.1 Å². The Kier molecular flexibility index (Phi) is 7.46. The minimum Gasteiger partial charge on any atom is -0.734 e. The van der Waals surface area contributed by atoms with E-state index in [0.29, 0.717) is 28.6 Å². The van der Waals surface area contributed by atoms with Gasteiger partial charge in [-0.25, -0.2) is 0 Å². The Morgan fingerprint density at radius 1 is 1.09 bits per heavy atom. The van der Waals surface area contributed by atoms with Gasteiger partial charge in [0, 0.05) is 43.6 Å². The highest BCUT2D eigenvalue weighted by atomic mass is 32.1. The Morgan fingerprint density at radius 2 is 1.86 bits per heavy atom. The average molecular weight is 490 g/mol. The van der Waals surface area contributed by atoms with E-state index in [1.165, 1.54) is 11.3 Å². The van der Waals surface area contributed by atoms with E-state index in [1.807, 2.05) is 41.8 Å². The molecule has 4 N–H and O–H groups in total. The van der Waals surface area contributed by atoms with Gasteiger partial charge in [0.05, 0.1) is 17.4 Å². The van der Waals surface area contributed by atoms with Crippen LogP contribution in [0.25, 0.3) is 10.9 Å². The van der Waals surface area contributed by atoms with Gasteiger partial charge in [-0.05, 0) is 47.3 Å². The molecule has 0 saturated heterocycles. The SMILES string of the molecule is CN(C)/C(=C\N([O-])O)Nc1cccc(NC(=O)c2sccc2NCc2ccnc3ccccc23)c1. The zero-order valence-corrected chi connectivity index (χ0v) is 20.0. The third kappa shape index (κ3) is 6.07. The van der Waals surface area contributed by atoms with Crippen LogP contribution in [-0.2, 0) is 6.54 Å². The van der Waals surface area contributed by atoms with Crippen molar-refractivity contribution in [2.45, 2.75) is 6.54 Å². The predicted molar refractivity (Wildman–Crippen MR) is 140 cm³/mol. The van der Waals surface area contributed by atoms with Gasteiger partial charge in [0.25, 0.3) is 5.91 Å². The fourth-order valence-corrected chi connectivity index (χ4v) is 4.26. The minimum atomic E-state index is -0.270. The van der Waals surface area contributed by atoms with Crippen LogP contribution >= 0.6 is 11.3 Å². The number of hydrogen-bond donors (Lipinski definition) is 4. The molecule has 4 rings (SSSR count). The van der Waals surface area contributed by atoms with Crippen LogP contribution in [0.5, 0.6) is 0 Å². The first-order chi connectivity index (χ1) is 16.9. The van der Waals surface area contributed by atoms with Gasteiger partial charge >= 0.3 is 0 Å². The number of thiophene rings is 1. The number of amides is 1. The van der Waals surface area contributed by atoms with Crippen LogP contribution in [0.3, 0.4) is 0 Å². The van der Waals surface area contributed by atoms with Crippen LogP contribution in [0.4, 0.5) is 17.1 Å². The van der Waals surface area contributed by atoms with E-state index in [-0.39, 0.29) is 11.1 Å². The summed E-state index contributed by atoms with van der Waals surface area (Å²) in [5, 5.41) is 32.0. The molecule has 0 spiro atoms. The molecule has 0 aliphatic heterocycles. The lowest BCUT2D eigenvalue weighted by Gasteiger charge is -2.24. The first-order valence-electron chi connectivity index (χ1n) is 10.8. The molecule has 4 aromatic rings. The van der Waals surface area contributed by atoms with Crippen LogP contribution in [0.2, 0.25) is 0 Å². The van der Waals surface area contributed by atoms with Gasteiger partial charge in [-0.2, -0.15) is 0 Å². The molecule has 0 saturated carbocycles. The smallest absolute Gasteiger partial charge is 0.267 e. The number of hydrogen-bond acceptors (Lipinski definition) is 9. The monoisotopic (exact) mass is 489 g/mol. The number of pyridine rings is 1. The normalized spacial score (nSPS) is 11.3. The highest BCUT2D eigenvalue weighted by Crippen LogP contribution is 2.26. The Hall–Kier alpha value is -4.12. The van der Waals surface area contributed by atoms with Crippen molar-refractivity contribution in [2.24, 2.45) is 0 Å². The van der Waals surface area contributed by atoms with E-state index in [2.05, 4.69) is 20.9 Å². The summed E-state index contributed by atoms with van der Waals surface area (Å²) in [5.41, 5.74) is 3.99. The maximum absolute atomic E-state index is 13.0. The molecule has 2 heterocycles. The summed E-state index contributed by atoms with van der Waals surface area (Å²) < 4.78 is 0. The molecule has 0 unspecified atom stereocenters. The molecule has 0 radical (unpaired) electrons. The standard InChI is InChI=1S/C25H25N6O3S/c1-30(2)23(16-31(33)34)28-18-6-5-7-19(14-18)29-25(32)24-22(11-13-35-24)27-15-17-10-12-26-21-9-4-3-8-20(17)21/h3-14,16,27-28,33H,15H2,1-2H3,(H,29,32)/q-1/b23-16-. The summed E-state index contributed by atoms with van der Waals surface area (Å²) in [5.74, 6) is 0.142. The number of benzene rings is 2. The van der Waals surface area contributed by atoms with Gasteiger partial charge in [0.2, 0.25) is 0 Å². The zero-order valence-electron chi connectivity index (χ0n) is 19.2. The van der Waals surface area contributed by atoms with Crippen molar-refractivity contribution >= 4 is 45.2 Å². The van der Waals surface area contributed by atoms with Crippen molar-refractivity contribution in [3.63, 3.8) is 0 Å². The molecule has 10 heteroatoms. The lowest BCUT2D eigenvalue weighted by molar-refractivity contribution is 0.00961. The molecule has 0 atom stereocenters. The summed E-state index contributed by atoms with van der Waals surface area (Å²) in [7, 11) is 3.46. The second-order valence-electron chi connectivity index (χ2n) is 7.88. The summed E-state index contributed by atoms with van der Waals surface area (Å²) >= 11 is 1.35. The van der Waals surface area contributed by atoms with Crippen LogP contribution in [0.1, 0.15) is 15.2 Å². The number of carbonyl (C=O) groups is 1. The largest absolute Gasteiger partial charge is 0.734 e. The Balaban J connectivity index is 1.45. The number of fused-ring (bicyclic) bond motifs is 1. The van der Waals surface area contributed by atoms with E-state index in [9.17, 15) is 10.0 Å².